The third-order valence-corrected chi connectivity index (χ3v) is 2.87. The van der Waals surface area contributed by atoms with Crippen LogP contribution in [0, 0.1) is 5.41 Å². The average molecular weight is 213 g/mol. The summed E-state index contributed by atoms with van der Waals surface area (Å²) in [5.41, 5.74) is 5.54. The number of rotatable bonds is 3. The Kier molecular flexibility index (Phi) is 9.19. The molecule has 0 heterocycles. The van der Waals surface area contributed by atoms with Crippen LogP contribution in [-0.2, 0) is 4.79 Å². The van der Waals surface area contributed by atoms with Gasteiger partial charge in [0.1, 0.15) is 0 Å². The van der Waals surface area contributed by atoms with Crippen LogP contribution in [0.5, 0.6) is 0 Å². The molecule has 0 atom stereocenters. The topological polar surface area (TPSA) is 94.8 Å². The first-order valence-electron chi connectivity index (χ1n) is 4.60. The molecule has 80 valence electrons. The molecular formula is C9H20NNaO3. The first-order valence-corrected chi connectivity index (χ1v) is 4.60. The Bertz CT molecular complexity index is 175. The standard InChI is InChI=1S/C9H17NO2.Na.H2O.H/c10-7-9(6-8(11)12)4-2-1-3-5-9;;;/h1-7,10H2,(H,11,12);;1H2;/q;+1;;-1. The van der Waals surface area contributed by atoms with Crippen molar-refractivity contribution in [1.82, 2.24) is 0 Å². The first kappa shape index (κ1) is 16.8. The summed E-state index contributed by atoms with van der Waals surface area (Å²) in [5.74, 6) is -0.706. The molecule has 0 aliphatic heterocycles. The van der Waals surface area contributed by atoms with E-state index in [0.29, 0.717) is 6.54 Å². The molecule has 0 bridgehead atoms. The van der Waals surface area contributed by atoms with Crippen LogP contribution in [0.3, 0.4) is 0 Å². The Hall–Kier alpha value is 0.390. The van der Waals surface area contributed by atoms with Gasteiger partial charge in [-0.05, 0) is 24.8 Å². The molecule has 0 amide bonds. The van der Waals surface area contributed by atoms with E-state index in [1.807, 2.05) is 0 Å². The molecule has 1 aliphatic carbocycles. The number of hydrogen-bond acceptors (Lipinski definition) is 2. The van der Waals surface area contributed by atoms with Crippen molar-refractivity contribution in [2.45, 2.75) is 38.5 Å². The molecule has 0 spiro atoms. The van der Waals surface area contributed by atoms with Crippen LogP contribution in [0.15, 0.2) is 0 Å². The Morgan fingerprint density at radius 1 is 1.36 bits per heavy atom. The fourth-order valence-electron chi connectivity index (χ4n) is 2.08. The van der Waals surface area contributed by atoms with Gasteiger partial charge in [-0.15, -0.1) is 0 Å². The maximum Gasteiger partial charge on any atom is 1.00 e. The fourth-order valence-corrected chi connectivity index (χ4v) is 2.08. The summed E-state index contributed by atoms with van der Waals surface area (Å²) in [6.07, 6.45) is 5.77. The van der Waals surface area contributed by atoms with Gasteiger partial charge in [0.15, 0.2) is 0 Å². The van der Waals surface area contributed by atoms with Crippen LogP contribution in [-0.4, -0.2) is 23.1 Å². The molecule has 0 radical (unpaired) electrons. The van der Waals surface area contributed by atoms with Crippen LogP contribution in [0.2, 0.25) is 0 Å². The van der Waals surface area contributed by atoms with Crippen LogP contribution in [0.25, 0.3) is 0 Å². The van der Waals surface area contributed by atoms with Gasteiger partial charge in [-0.2, -0.15) is 0 Å². The summed E-state index contributed by atoms with van der Waals surface area (Å²) in [5, 5.41) is 8.71. The van der Waals surface area contributed by atoms with Crippen LogP contribution in [0.1, 0.15) is 40.0 Å². The molecule has 1 rings (SSSR count). The van der Waals surface area contributed by atoms with E-state index in [1.54, 1.807) is 0 Å². The van der Waals surface area contributed by atoms with Crippen LogP contribution in [0.4, 0.5) is 0 Å². The van der Waals surface area contributed by atoms with Crippen molar-refractivity contribution in [3.63, 3.8) is 0 Å². The molecule has 4 nitrogen and oxygen atoms in total. The van der Waals surface area contributed by atoms with Gasteiger partial charge in [-0.1, -0.05) is 19.3 Å². The number of carboxylic acids is 1. The van der Waals surface area contributed by atoms with E-state index in [2.05, 4.69) is 0 Å². The molecule has 0 aromatic rings. The Labute approximate surface area is 108 Å². The molecular weight excluding hydrogens is 193 g/mol. The number of nitrogens with two attached hydrogens (primary N) is 1. The number of hydrogen-bond donors (Lipinski definition) is 2. The second-order valence-corrected chi connectivity index (χ2v) is 3.84. The third kappa shape index (κ3) is 4.75. The predicted octanol–water partition coefficient (Wildman–Crippen LogP) is -2.34. The molecule has 0 aromatic heterocycles. The fraction of sp³-hybridized carbons (Fsp3) is 0.889. The third-order valence-electron chi connectivity index (χ3n) is 2.87. The molecule has 0 aromatic carbocycles. The Morgan fingerprint density at radius 2 is 1.86 bits per heavy atom. The van der Waals surface area contributed by atoms with E-state index in [1.165, 1.54) is 6.42 Å². The number of carbonyl (C=O) groups is 1. The molecule has 5 N–H and O–H groups in total. The normalized spacial score (nSPS) is 18.9. The summed E-state index contributed by atoms with van der Waals surface area (Å²) in [6, 6.07) is 0. The van der Waals surface area contributed by atoms with Crippen LogP contribution >= 0.6 is 0 Å². The van der Waals surface area contributed by atoms with Crippen molar-refractivity contribution in [2.24, 2.45) is 11.1 Å². The summed E-state index contributed by atoms with van der Waals surface area (Å²) in [4.78, 5) is 10.6. The largest absolute Gasteiger partial charge is 1.00 e. The molecule has 5 heteroatoms. The Morgan fingerprint density at radius 3 is 2.21 bits per heavy atom. The van der Waals surface area contributed by atoms with Crippen molar-refractivity contribution in [1.29, 1.82) is 0 Å². The van der Waals surface area contributed by atoms with Crippen molar-refractivity contribution in [3.05, 3.63) is 0 Å². The maximum atomic E-state index is 10.6. The summed E-state index contributed by atoms with van der Waals surface area (Å²) in [6.45, 7) is 0.527. The van der Waals surface area contributed by atoms with Gasteiger partial charge in [0.05, 0.1) is 6.42 Å². The second kappa shape index (κ2) is 7.65. The summed E-state index contributed by atoms with van der Waals surface area (Å²) >= 11 is 0. The van der Waals surface area contributed by atoms with Crippen molar-refractivity contribution in [2.75, 3.05) is 6.54 Å². The van der Waals surface area contributed by atoms with Gasteiger partial charge >= 0.3 is 35.5 Å². The average Bonchev–Trinajstić information content (AvgIpc) is 2.05. The monoisotopic (exact) mass is 213 g/mol. The quantitative estimate of drug-likeness (QED) is 0.514. The maximum absolute atomic E-state index is 10.6. The second-order valence-electron chi connectivity index (χ2n) is 3.84. The zero-order chi connectivity index (χ0) is 9.03. The van der Waals surface area contributed by atoms with E-state index in [9.17, 15) is 4.79 Å². The van der Waals surface area contributed by atoms with Gasteiger partial charge in [0.25, 0.3) is 0 Å². The van der Waals surface area contributed by atoms with Crippen molar-refractivity contribution >= 4 is 5.97 Å². The molecule has 1 fully saturated rings. The van der Waals surface area contributed by atoms with E-state index in [0.717, 1.165) is 25.7 Å². The predicted molar refractivity (Wildman–Crippen MR) is 51.6 cm³/mol. The molecule has 14 heavy (non-hydrogen) atoms. The van der Waals surface area contributed by atoms with Gasteiger partial charge in [0.2, 0.25) is 0 Å². The van der Waals surface area contributed by atoms with Crippen molar-refractivity contribution in [3.8, 4) is 0 Å². The van der Waals surface area contributed by atoms with E-state index >= 15 is 0 Å². The summed E-state index contributed by atoms with van der Waals surface area (Å²) in [7, 11) is 0. The smallest absolute Gasteiger partial charge is 1.00 e. The minimum Gasteiger partial charge on any atom is -1.00 e. The molecule has 0 unspecified atom stereocenters. The number of carboxylic acid groups (broad SMARTS) is 1. The first-order chi connectivity index (χ1) is 5.68. The molecule has 1 aliphatic rings. The van der Waals surface area contributed by atoms with Gasteiger partial charge in [-0.3, -0.25) is 4.79 Å². The zero-order valence-electron chi connectivity index (χ0n) is 9.88. The zero-order valence-corrected chi connectivity index (χ0v) is 10.9. The van der Waals surface area contributed by atoms with Crippen molar-refractivity contribution < 1.29 is 46.4 Å². The Balaban J connectivity index is -0.000000480. The molecule has 0 saturated heterocycles. The van der Waals surface area contributed by atoms with E-state index < -0.39 is 5.97 Å². The van der Waals surface area contributed by atoms with Gasteiger partial charge in [-0.25, -0.2) is 0 Å². The van der Waals surface area contributed by atoms with Gasteiger partial charge < -0.3 is 17.7 Å². The van der Waals surface area contributed by atoms with E-state index in [-0.39, 0.29) is 48.3 Å². The minimum absolute atomic E-state index is 0. The van der Waals surface area contributed by atoms with Crippen LogP contribution < -0.4 is 35.3 Å². The summed E-state index contributed by atoms with van der Waals surface area (Å²) < 4.78 is 0. The molecule has 1 saturated carbocycles. The van der Waals surface area contributed by atoms with Gasteiger partial charge in [0, 0.05) is 0 Å². The number of aliphatic carboxylic acids is 1. The SMILES string of the molecule is NCC1(CC(=O)O)CCCCC1.O.[H-].[Na+]. The minimum atomic E-state index is -0.706. The van der Waals surface area contributed by atoms with E-state index in [4.69, 9.17) is 10.8 Å².